The van der Waals surface area contributed by atoms with Crippen molar-refractivity contribution in [2.24, 2.45) is 5.73 Å². The van der Waals surface area contributed by atoms with Crippen molar-refractivity contribution in [3.05, 3.63) is 58.9 Å². The van der Waals surface area contributed by atoms with E-state index >= 15 is 0 Å². The molecule has 13 nitrogen and oxygen atoms in total. The molecule has 3 amide bonds. The van der Waals surface area contributed by atoms with Crippen LogP contribution in [0.25, 0.3) is 0 Å². The van der Waals surface area contributed by atoms with Gasteiger partial charge in [-0.05, 0) is 63.3 Å². The number of sulfonamides is 1. The average Bonchev–Trinajstić information content (AvgIpc) is 3.63. The number of carbonyl (C=O) groups is 3. The number of aliphatic carboxylic acids is 1. The first-order valence-electron chi connectivity index (χ1n) is 14.8. The molecular weight excluding hydrogens is 588 g/mol. The van der Waals surface area contributed by atoms with Gasteiger partial charge in [-0.3, -0.25) is 14.6 Å². The Morgan fingerprint density at radius 1 is 1.14 bits per heavy atom. The third-order valence-electron chi connectivity index (χ3n) is 8.11. The van der Waals surface area contributed by atoms with Crippen LogP contribution in [0, 0.1) is 20.8 Å². The van der Waals surface area contributed by atoms with E-state index in [0.717, 1.165) is 31.2 Å². The molecule has 240 valence electrons. The number of hydrogen-bond acceptors (Lipinski definition) is 8. The summed E-state index contributed by atoms with van der Waals surface area (Å²) in [5.41, 5.74) is 9.04. The van der Waals surface area contributed by atoms with Gasteiger partial charge in [0.05, 0.1) is 28.8 Å². The molecule has 1 saturated heterocycles. The number of ether oxygens (including phenoxy) is 1. The summed E-state index contributed by atoms with van der Waals surface area (Å²) in [7, 11) is -4.19. The number of carboxylic acids is 1. The fourth-order valence-electron chi connectivity index (χ4n) is 6.10. The molecule has 14 heteroatoms. The zero-order valence-corrected chi connectivity index (χ0v) is 26.1. The summed E-state index contributed by atoms with van der Waals surface area (Å²) >= 11 is 0. The van der Waals surface area contributed by atoms with Crippen molar-refractivity contribution in [2.45, 2.75) is 88.0 Å². The summed E-state index contributed by atoms with van der Waals surface area (Å²) in [4.78, 5) is 43.8. The summed E-state index contributed by atoms with van der Waals surface area (Å²) in [5, 5.41) is 15.2. The van der Waals surface area contributed by atoms with E-state index in [1.54, 1.807) is 49.2 Å². The van der Waals surface area contributed by atoms with Crippen molar-refractivity contribution >= 4 is 27.9 Å². The number of carbonyl (C=O) groups excluding carboxylic acids is 2. The highest BCUT2D eigenvalue weighted by molar-refractivity contribution is 7.89. The minimum absolute atomic E-state index is 0.00484. The van der Waals surface area contributed by atoms with Crippen molar-refractivity contribution in [2.75, 3.05) is 19.7 Å². The van der Waals surface area contributed by atoms with Crippen LogP contribution in [-0.2, 0) is 24.3 Å². The number of nitrogens with one attached hydrogen (secondary N) is 3. The molecule has 2 heterocycles. The van der Waals surface area contributed by atoms with Crippen LogP contribution in [0.1, 0.15) is 60.5 Å². The molecule has 6 N–H and O–H groups in total. The topological polar surface area (TPSA) is 193 Å². The molecule has 4 rings (SSSR count). The Bertz CT molecular complexity index is 1430. The van der Waals surface area contributed by atoms with E-state index in [4.69, 9.17) is 10.5 Å². The fraction of sp³-hybridized carbons (Fsp3) is 0.533. The first-order chi connectivity index (χ1) is 20.9. The van der Waals surface area contributed by atoms with Crippen LogP contribution in [0.15, 0.2) is 41.4 Å². The average molecular weight is 631 g/mol. The van der Waals surface area contributed by atoms with Gasteiger partial charge in [0.2, 0.25) is 15.9 Å². The SMILES string of the molecule is Cc1cc(C)c(S(=O)(=O)NC(CNC(=O)COC2CC(C(N)c3ccccn3)N(C(=O)NC3CCCC3)C2)C(=O)O)c(C)c1. The molecule has 0 radical (unpaired) electrons. The molecule has 2 aliphatic rings. The van der Waals surface area contributed by atoms with Crippen LogP contribution >= 0.6 is 0 Å². The monoisotopic (exact) mass is 630 g/mol. The van der Waals surface area contributed by atoms with E-state index in [1.165, 1.54) is 0 Å². The normalized spacial score (nSPS) is 20.3. The number of carboxylic acid groups (broad SMARTS) is 1. The number of nitrogens with two attached hydrogens (primary N) is 1. The third-order valence-corrected chi connectivity index (χ3v) is 9.89. The molecule has 0 bridgehead atoms. The lowest BCUT2D eigenvalue weighted by molar-refractivity contribution is -0.139. The largest absolute Gasteiger partial charge is 0.480 e. The summed E-state index contributed by atoms with van der Waals surface area (Å²) < 4.78 is 34.2. The van der Waals surface area contributed by atoms with E-state index < -0.39 is 59.3 Å². The van der Waals surface area contributed by atoms with E-state index in [-0.39, 0.29) is 23.5 Å². The van der Waals surface area contributed by atoms with Crippen LogP contribution in [-0.4, -0.2) is 85.2 Å². The Morgan fingerprint density at radius 2 is 1.82 bits per heavy atom. The molecule has 4 unspecified atom stereocenters. The molecule has 1 aromatic heterocycles. The molecule has 1 aromatic carbocycles. The fourth-order valence-corrected chi connectivity index (χ4v) is 7.74. The number of rotatable bonds is 12. The van der Waals surface area contributed by atoms with E-state index in [9.17, 15) is 27.9 Å². The smallest absolute Gasteiger partial charge is 0.323 e. The molecular formula is C30H42N6O7S. The summed E-state index contributed by atoms with van der Waals surface area (Å²) in [6.45, 7) is 4.42. The van der Waals surface area contributed by atoms with Gasteiger partial charge in [0.15, 0.2) is 0 Å². The number of likely N-dealkylation sites (tertiary alicyclic amines) is 1. The van der Waals surface area contributed by atoms with Crippen molar-refractivity contribution in [1.29, 1.82) is 0 Å². The predicted molar refractivity (Wildman–Crippen MR) is 162 cm³/mol. The highest BCUT2D eigenvalue weighted by Crippen LogP contribution is 2.29. The Hall–Kier alpha value is -3.59. The Balaban J connectivity index is 1.35. The predicted octanol–water partition coefficient (Wildman–Crippen LogP) is 1.67. The quantitative estimate of drug-likeness (QED) is 0.232. The molecule has 0 spiro atoms. The molecule has 2 aromatic rings. The number of aryl methyl sites for hydroxylation is 3. The van der Waals surface area contributed by atoms with Gasteiger partial charge < -0.3 is 31.1 Å². The lowest BCUT2D eigenvalue weighted by Crippen LogP contribution is -2.49. The standard InChI is InChI=1S/C30H42N6O7S/c1-18-12-19(2)28(20(3)13-18)44(41,42)35-24(29(38)39)15-33-26(37)17-43-22-14-25(27(31)23-10-6-7-11-32-23)36(16-22)30(40)34-21-8-4-5-9-21/h6-7,10-13,21-22,24-25,27,35H,4-5,8-9,14-17,31H2,1-3H3,(H,33,37)(H,34,40)(H,38,39). The third kappa shape index (κ3) is 8.31. The summed E-state index contributed by atoms with van der Waals surface area (Å²) in [6.07, 6.45) is 5.49. The minimum Gasteiger partial charge on any atom is -0.480 e. The molecule has 2 fully saturated rings. The number of benzene rings is 1. The minimum atomic E-state index is -4.19. The van der Waals surface area contributed by atoms with Crippen molar-refractivity contribution < 1.29 is 32.6 Å². The first kappa shape index (κ1) is 33.3. The van der Waals surface area contributed by atoms with Crippen LogP contribution in [0.2, 0.25) is 0 Å². The van der Waals surface area contributed by atoms with Crippen LogP contribution in [0.4, 0.5) is 4.79 Å². The van der Waals surface area contributed by atoms with Crippen molar-refractivity contribution in [3.63, 3.8) is 0 Å². The Morgan fingerprint density at radius 3 is 2.43 bits per heavy atom. The summed E-state index contributed by atoms with van der Waals surface area (Å²) in [5.74, 6) is -2.07. The molecule has 1 saturated carbocycles. The van der Waals surface area contributed by atoms with Crippen LogP contribution < -0.4 is 21.1 Å². The van der Waals surface area contributed by atoms with Gasteiger partial charge in [-0.2, -0.15) is 4.72 Å². The second-order valence-corrected chi connectivity index (χ2v) is 13.3. The molecule has 4 atom stereocenters. The lowest BCUT2D eigenvalue weighted by Gasteiger charge is -2.30. The van der Waals surface area contributed by atoms with E-state index in [2.05, 4.69) is 20.3 Å². The summed E-state index contributed by atoms with van der Waals surface area (Å²) in [6, 6.07) is 6.09. The van der Waals surface area contributed by atoms with Crippen LogP contribution in [0.5, 0.6) is 0 Å². The van der Waals surface area contributed by atoms with Crippen LogP contribution in [0.3, 0.4) is 0 Å². The second-order valence-electron chi connectivity index (χ2n) is 11.6. The maximum atomic E-state index is 13.2. The number of urea groups is 1. The van der Waals surface area contributed by atoms with Gasteiger partial charge >= 0.3 is 12.0 Å². The highest BCUT2D eigenvalue weighted by atomic mass is 32.2. The van der Waals surface area contributed by atoms with E-state index in [1.807, 2.05) is 13.0 Å². The van der Waals surface area contributed by atoms with E-state index in [0.29, 0.717) is 23.2 Å². The Labute approximate surface area is 258 Å². The van der Waals surface area contributed by atoms with Gasteiger partial charge in [-0.25, -0.2) is 13.2 Å². The lowest BCUT2D eigenvalue weighted by atomic mass is 10.0. The Kier molecular flexibility index (Phi) is 10.9. The number of amides is 3. The molecule has 44 heavy (non-hydrogen) atoms. The highest BCUT2D eigenvalue weighted by Gasteiger charge is 2.41. The zero-order chi connectivity index (χ0) is 32.0. The van der Waals surface area contributed by atoms with Gasteiger partial charge in [0, 0.05) is 25.3 Å². The maximum Gasteiger partial charge on any atom is 0.323 e. The van der Waals surface area contributed by atoms with Gasteiger partial charge in [-0.15, -0.1) is 0 Å². The number of pyridine rings is 1. The zero-order valence-electron chi connectivity index (χ0n) is 25.3. The molecule has 1 aliphatic carbocycles. The number of aromatic nitrogens is 1. The second kappa shape index (κ2) is 14.5. The maximum absolute atomic E-state index is 13.2. The van der Waals surface area contributed by atoms with Crippen molar-refractivity contribution in [3.8, 4) is 0 Å². The van der Waals surface area contributed by atoms with Gasteiger partial charge in [0.1, 0.15) is 12.6 Å². The first-order valence-corrected chi connectivity index (χ1v) is 16.3. The van der Waals surface area contributed by atoms with Gasteiger partial charge in [0.25, 0.3) is 0 Å². The van der Waals surface area contributed by atoms with Gasteiger partial charge in [-0.1, -0.05) is 36.6 Å². The van der Waals surface area contributed by atoms with Crippen molar-refractivity contribution in [1.82, 2.24) is 25.2 Å². The molecule has 1 aliphatic heterocycles. The number of nitrogens with zero attached hydrogens (tertiary/aromatic N) is 2. The number of hydrogen-bond donors (Lipinski definition) is 5.